The number of ketones is 2. The van der Waals surface area contributed by atoms with Crippen LogP contribution in [0, 0.1) is 11.3 Å². The number of nitrogens with zero attached hydrogens (tertiary/aromatic N) is 1. The van der Waals surface area contributed by atoms with Crippen LogP contribution in [0.1, 0.15) is 37.4 Å². The number of hydrogen-bond acceptors (Lipinski definition) is 8. The summed E-state index contributed by atoms with van der Waals surface area (Å²) >= 11 is 0. The van der Waals surface area contributed by atoms with Crippen molar-refractivity contribution in [3.63, 3.8) is 0 Å². The normalized spacial score (nSPS) is 12.6. The first kappa shape index (κ1) is 20.3. The fraction of sp³-hybridized carbons (Fsp3) is 0.0455. The van der Waals surface area contributed by atoms with E-state index in [2.05, 4.69) is 5.32 Å². The van der Waals surface area contributed by atoms with Crippen molar-refractivity contribution in [1.29, 1.82) is 5.26 Å². The molecule has 0 heterocycles. The zero-order valence-electron chi connectivity index (χ0n) is 15.9. The zero-order chi connectivity index (χ0) is 22.3. The van der Waals surface area contributed by atoms with E-state index < -0.39 is 32.3 Å². The standard InChI is InChI=1S/C22H15N3O5S/c23-10-9-12-5-7-13(8-6-12)25-16-11-17(31(28,29)30)20(24)19-18(16)21(26)14-3-1-2-4-15(14)22(19)27/h1-8,11,25H,9,24H2,(H,28,29,30)/p-1. The van der Waals surface area contributed by atoms with Crippen molar-refractivity contribution in [3.05, 3.63) is 82.4 Å². The number of carbonyl (C=O) groups is 2. The van der Waals surface area contributed by atoms with Crippen LogP contribution in [0.3, 0.4) is 0 Å². The molecular formula is C22H14N3O5S-. The van der Waals surface area contributed by atoms with Crippen molar-refractivity contribution in [2.24, 2.45) is 0 Å². The lowest BCUT2D eigenvalue weighted by molar-refractivity contribution is 0.0980. The van der Waals surface area contributed by atoms with Gasteiger partial charge >= 0.3 is 0 Å². The van der Waals surface area contributed by atoms with Gasteiger partial charge < -0.3 is 15.6 Å². The van der Waals surface area contributed by atoms with Crippen molar-refractivity contribution in [2.75, 3.05) is 11.1 Å². The van der Waals surface area contributed by atoms with E-state index in [1.807, 2.05) is 6.07 Å². The summed E-state index contributed by atoms with van der Waals surface area (Å²) in [5, 5.41) is 11.7. The summed E-state index contributed by atoms with van der Waals surface area (Å²) in [6.45, 7) is 0. The van der Waals surface area contributed by atoms with Crippen molar-refractivity contribution < 1.29 is 22.6 Å². The zero-order valence-corrected chi connectivity index (χ0v) is 16.7. The number of nitrogen functional groups attached to an aromatic ring is 1. The SMILES string of the molecule is N#CCc1ccc(Nc2cc(S(=O)(=O)[O-])c(N)c3c2C(=O)c2ccccc2C3=O)cc1. The van der Waals surface area contributed by atoms with Gasteiger partial charge in [-0.3, -0.25) is 9.59 Å². The third-order valence-corrected chi connectivity index (χ3v) is 5.86. The van der Waals surface area contributed by atoms with Crippen LogP contribution in [0.5, 0.6) is 0 Å². The van der Waals surface area contributed by atoms with Gasteiger partial charge in [0.25, 0.3) is 0 Å². The lowest BCUT2D eigenvalue weighted by Gasteiger charge is -2.25. The maximum atomic E-state index is 13.2. The lowest BCUT2D eigenvalue weighted by atomic mass is 9.82. The van der Waals surface area contributed by atoms with Gasteiger partial charge in [0.05, 0.1) is 39.9 Å². The third kappa shape index (κ3) is 3.44. The predicted molar refractivity (Wildman–Crippen MR) is 111 cm³/mol. The maximum Gasteiger partial charge on any atom is 0.196 e. The number of fused-ring (bicyclic) bond motifs is 2. The molecule has 0 bridgehead atoms. The van der Waals surface area contributed by atoms with E-state index in [9.17, 15) is 22.6 Å². The molecule has 0 atom stereocenters. The van der Waals surface area contributed by atoms with Gasteiger partial charge in [-0.2, -0.15) is 5.26 Å². The number of benzene rings is 3. The topological polar surface area (TPSA) is 153 Å². The van der Waals surface area contributed by atoms with E-state index in [0.29, 0.717) is 5.69 Å². The smallest absolute Gasteiger partial charge is 0.196 e. The summed E-state index contributed by atoms with van der Waals surface area (Å²) in [5.41, 5.74) is 6.37. The Morgan fingerprint density at radius 2 is 1.55 bits per heavy atom. The molecular weight excluding hydrogens is 418 g/mol. The minimum atomic E-state index is -5.03. The van der Waals surface area contributed by atoms with E-state index in [0.717, 1.165) is 11.6 Å². The van der Waals surface area contributed by atoms with Gasteiger partial charge in [0.1, 0.15) is 10.1 Å². The van der Waals surface area contributed by atoms with Crippen molar-refractivity contribution in [1.82, 2.24) is 0 Å². The second-order valence-corrected chi connectivity index (χ2v) is 8.25. The third-order valence-electron chi connectivity index (χ3n) is 4.99. The largest absolute Gasteiger partial charge is 0.744 e. The van der Waals surface area contributed by atoms with Gasteiger partial charge in [-0.15, -0.1) is 0 Å². The summed E-state index contributed by atoms with van der Waals surface area (Å²) < 4.78 is 35.4. The highest BCUT2D eigenvalue weighted by Crippen LogP contribution is 2.40. The van der Waals surface area contributed by atoms with Crippen LogP contribution < -0.4 is 11.1 Å². The highest BCUT2D eigenvalue weighted by atomic mass is 32.2. The number of anilines is 3. The Hall–Kier alpha value is -4.00. The van der Waals surface area contributed by atoms with Gasteiger partial charge in [0.2, 0.25) is 0 Å². The van der Waals surface area contributed by atoms with Crippen LogP contribution in [-0.2, 0) is 16.5 Å². The average molecular weight is 432 g/mol. The molecule has 0 radical (unpaired) electrons. The summed E-state index contributed by atoms with van der Waals surface area (Å²) in [6.07, 6.45) is 0.208. The fourth-order valence-corrected chi connectivity index (χ4v) is 4.19. The Balaban J connectivity index is 1.94. The highest BCUT2D eigenvalue weighted by Gasteiger charge is 2.35. The summed E-state index contributed by atoms with van der Waals surface area (Å²) in [5.74, 6) is -1.16. The molecule has 1 aliphatic rings. The fourth-order valence-electron chi connectivity index (χ4n) is 3.55. The predicted octanol–water partition coefficient (Wildman–Crippen LogP) is 2.76. The average Bonchev–Trinajstić information content (AvgIpc) is 2.73. The molecule has 0 unspecified atom stereocenters. The molecule has 9 heteroatoms. The second-order valence-electron chi connectivity index (χ2n) is 6.90. The van der Waals surface area contributed by atoms with Crippen molar-refractivity contribution in [3.8, 4) is 6.07 Å². The minimum Gasteiger partial charge on any atom is -0.744 e. The first-order valence-electron chi connectivity index (χ1n) is 9.06. The maximum absolute atomic E-state index is 13.2. The van der Waals surface area contributed by atoms with Crippen molar-refractivity contribution >= 4 is 38.7 Å². The van der Waals surface area contributed by atoms with E-state index in [4.69, 9.17) is 11.0 Å². The number of nitrogens with one attached hydrogen (secondary N) is 1. The molecule has 0 aliphatic heterocycles. The first-order chi connectivity index (χ1) is 14.7. The monoisotopic (exact) mass is 432 g/mol. The van der Waals surface area contributed by atoms with E-state index in [1.54, 1.807) is 36.4 Å². The molecule has 0 saturated carbocycles. The van der Waals surface area contributed by atoms with Crippen LogP contribution in [0.25, 0.3) is 0 Å². The molecule has 3 aromatic carbocycles. The van der Waals surface area contributed by atoms with Crippen LogP contribution in [0.2, 0.25) is 0 Å². The Morgan fingerprint density at radius 3 is 2.10 bits per heavy atom. The van der Waals surface area contributed by atoms with Gasteiger partial charge in [-0.25, -0.2) is 8.42 Å². The van der Waals surface area contributed by atoms with E-state index in [1.165, 1.54) is 12.1 Å². The van der Waals surface area contributed by atoms with Gasteiger partial charge in [-0.1, -0.05) is 36.4 Å². The molecule has 0 spiro atoms. The minimum absolute atomic E-state index is 0.0282. The molecule has 31 heavy (non-hydrogen) atoms. The van der Waals surface area contributed by atoms with Crippen molar-refractivity contribution in [2.45, 2.75) is 11.3 Å². The van der Waals surface area contributed by atoms with Gasteiger partial charge in [-0.05, 0) is 23.8 Å². The number of nitrogens with two attached hydrogens (primary N) is 1. The Kier molecular flexibility index (Phi) is 4.81. The second kappa shape index (κ2) is 7.36. The van der Waals surface area contributed by atoms with E-state index >= 15 is 0 Å². The van der Waals surface area contributed by atoms with Crippen LogP contribution in [0.4, 0.5) is 17.1 Å². The number of rotatable bonds is 4. The molecule has 0 amide bonds. The number of carbonyl (C=O) groups excluding carboxylic acids is 2. The number of hydrogen-bond donors (Lipinski definition) is 2. The summed E-state index contributed by atoms with van der Waals surface area (Å²) in [4.78, 5) is 25.5. The Morgan fingerprint density at radius 1 is 0.968 bits per heavy atom. The molecule has 3 N–H and O–H groups in total. The lowest BCUT2D eigenvalue weighted by Crippen LogP contribution is -2.25. The first-order valence-corrected chi connectivity index (χ1v) is 10.5. The van der Waals surface area contributed by atoms with Crippen LogP contribution >= 0.6 is 0 Å². The molecule has 0 aromatic heterocycles. The van der Waals surface area contributed by atoms with Gasteiger partial charge in [0.15, 0.2) is 11.6 Å². The summed E-state index contributed by atoms with van der Waals surface area (Å²) in [6, 6.07) is 15.7. The highest BCUT2D eigenvalue weighted by molar-refractivity contribution is 7.86. The quantitative estimate of drug-likeness (QED) is 0.369. The molecule has 8 nitrogen and oxygen atoms in total. The van der Waals surface area contributed by atoms with E-state index in [-0.39, 0.29) is 34.4 Å². The van der Waals surface area contributed by atoms with Gasteiger partial charge in [0, 0.05) is 16.8 Å². The molecule has 4 rings (SSSR count). The Labute approximate surface area is 177 Å². The van der Waals surface area contributed by atoms with Crippen LogP contribution in [0.15, 0.2) is 59.5 Å². The molecule has 1 aliphatic carbocycles. The summed E-state index contributed by atoms with van der Waals surface area (Å²) in [7, 11) is -5.03. The molecule has 154 valence electrons. The molecule has 0 saturated heterocycles. The molecule has 0 fully saturated rings. The van der Waals surface area contributed by atoms with Crippen LogP contribution in [-0.4, -0.2) is 24.5 Å². The Bertz CT molecular complexity index is 1400. The molecule has 3 aromatic rings. The number of nitriles is 1.